The van der Waals surface area contributed by atoms with Gasteiger partial charge in [0.1, 0.15) is 34.9 Å². The van der Waals surface area contributed by atoms with E-state index in [-0.39, 0.29) is 44.6 Å². The smallest absolute Gasteiger partial charge is 0.472 e. The number of aryl methyl sites for hydroxylation is 3. The van der Waals surface area contributed by atoms with Gasteiger partial charge in [-0.15, -0.1) is 0 Å². The minimum Gasteiger partial charge on any atom is -1.00 e. The Morgan fingerprint density at radius 2 is 0.921 bits per heavy atom. The van der Waals surface area contributed by atoms with Crippen molar-refractivity contribution in [2.45, 2.75) is 80.4 Å². The highest BCUT2D eigenvalue weighted by Gasteiger charge is 2.25. The molecule has 6 aromatic heterocycles. The lowest BCUT2D eigenvalue weighted by Gasteiger charge is -2.11. The Kier molecular flexibility index (Phi) is 22.2. The number of halogens is 2. The summed E-state index contributed by atoms with van der Waals surface area (Å²) in [4.78, 5) is 46.9. The minimum atomic E-state index is -4.19. The fraction of sp³-hybridized carbons (Fsp3) is 0.417. The first-order valence-corrected chi connectivity index (χ1v) is 22.7. The molecule has 0 spiro atoms. The number of aromatic nitrogens is 9. The molecule has 6 heterocycles. The maximum atomic E-state index is 12.4. The van der Waals surface area contributed by atoms with E-state index in [1.54, 1.807) is 66.4 Å². The SMILES string of the molecule is Cc1ncc(C[n+]2csc(CCO)c2C)c(N)n1.Cc1ncc(C[n+]2csc(CCOP(=O)(O)OCCc3sc[n+](Cc4cnc(C)nc4N)c3C)c2C)c(N)n1.O=[N+]([O-])[O-].[Cl-].[Cl-]. The first-order valence-electron chi connectivity index (χ1n) is 18.5. The molecule has 63 heavy (non-hydrogen) atoms. The number of nitrogens with zero attached hydrogens (tertiary/aromatic N) is 10. The molecule has 6 rings (SSSR count). The third-order valence-corrected chi connectivity index (χ3v) is 13.5. The van der Waals surface area contributed by atoms with Gasteiger partial charge in [0, 0.05) is 65.2 Å². The van der Waals surface area contributed by atoms with Crippen LogP contribution in [0, 0.1) is 56.9 Å². The fourth-order valence-electron chi connectivity index (χ4n) is 5.64. The normalized spacial score (nSPS) is 10.8. The number of phosphoric ester groups is 1. The molecule has 0 aliphatic rings. The first kappa shape index (κ1) is 54.5. The lowest BCUT2D eigenvalue weighted by molar-refractivity contribution is -0.689. The average Bonchev–Trinajstić information content (AvgIpc) is 3.83. The number of nitrogen functional groups attached to an aromatic ring is 3. The van der Waals surface area contributed by atoms with Gasteiger partial charge >= 0.3 is 7.82 Å². The van der Waals surface area contributed by atoms with Crippen molar-refractivity contribution in [1.29, 1.82) is 0 Å². The van der Waals surface area contributed by atoms with Gasteiger partial charge < -0.3 is 67.3 Å². The first-order chi connectivity index (χ1) is 28.9. The molecule has 0 fully saturated rings. The van der Waals surface area contributed by atoms with Crippen molar-refractivity contribution in [2.75, 3.05) is 37.0 Å². The highest BCUT2D eigenvalue weighted by molar-refractivity contribution is 7.47. The number of aliphatic hydroxyl groups excluding tert-OH is 1. The summed E-state index contributed by atoms with van der Waals surface area (Å²) in [5.41, 5.74) is 29.7. The molecule has 0 aliphatic carbocycles. The van der Waals surface area contributed by atoms with E-state index < -0.39 is 12.9 Å². The van der Waals surface area contributed by atoms with Crippen LogP contribution in [0.4, 0.5) is 17.5 Å². The van der Waals surface area contributed by atoms with E-state index in [1.165, 1.54) is 4.88 Å². The number of anilines is 3. The van der Waals surface area contributed by atoms with Crippen molar-refractivity contribution in [3.8, 4) is 0 Å². The molecule has 8 N–H and O–H groups in total. The van der Waals surface area contributed by atoms with E-state index in [2.05, 4.69) is 43.6 Å². The third kappa shape index (κ3) is 16.8. The van der Waals surface area contributed by atoms with Crippen LogP contribution < -0.4 is 55.7 Å². The number of hydrogen-bond acceptors (Lipinski definition) is 19. The predicted molar refractivity (Wildman–Crippen MR) is 229 cm³/mol. The van der Waals surface area contributed by atoms with Gasteiger partial charge in [0.25, 0.3) is 0 Å². The fourth-order valence-corrected chi connectivity index (χ4v) is 9.30. The van der Waals surface area contributed by atoms with Gasteiger partial charge in [-0.1, -0.05) is 34.0 Å². The van der Waals surface area contributed by atoms with Gasteiger partial charge in [-0.2, -0.15) is 13.7 Å². The van der Waals surface area contributed by atoms with Crippen molar-refractivity contribution < 1.29 is 67.2 Å². The molecular weight excluding hydrogens is 941 g/mol. The lowest BCUT2D eigenvalue weighted by Crippen LogP contribution is -3.00. The number of hydrogen-bond donors (Lipinski definition) is 5. The highest BCUT2D eigenvalue weighted by Crippen LogP contribution is 2.43. The van der Waals surface area contributed by atoms with E-state index in [1.807, 2.05) is 44.2 Å². The van der Waals surface area contributed by atoms with Crippen LogP contribution in [-0.4, -0.2) is 64.8 Å². The van der Waals surface area contributed by atoms with Crippen LogP contribution in [0.1, 0.15) is 65.9 Å². The third-order valence-electron chi connectivity index (χ3n) is 9.05. The van der Waals surface area contributed by atoms with E-state index in [9.17, 15) is 9.46 Å². The van der Waals surface area contributed by atoms with Gasteiger partial charge in [0.15, 0.2) is 36.7 Å². The Hall–Kier alpha value is -4.62. The van der Waals surface area contributed by atoms with Crippen LogP contribution >= 0.6 is 41.8 Å². The van der Waals surface area contributed by atoms with Crippen LogP contribution in [0.3, 0.4) is 0 Å². The maximum absolute atomic E-state index is 12.4. The summed E-state index contributed by atoms with van der Waals surface area (Å²) in [5, 5.41) is 23.7. The van der Waals surface area contributed by atoms with Crippen LogP contribution in [0.2, 0.25) is 0 Å². The van der Waals surface area contributed by atoms with Crippen molar-refractivity contribution in [3.63, 3.8) is 0 Å². The van der Waals surface area contributed by atoms with Crippen LogP contribution in [-0.2, 0) is 52.5 Å². The largest absolute Gasteiger partial charge is 1.00 e. The lowest BCUT2D eigenvalue weighted by atomic mass is 10.2. The second kappa shape index (κ2) is 25.6. The monoisotopic (exact) mass is 989 g/mol. The van der Waals surface area contributed by atoms with Gasteiger partial charge in [0.05, 0.1) is 49.6 Å². The Morgan fingerprint density at radius 3 is 1.19 bits per heavy atom. The zero-order valence-corrected chi connectivity index (χ0v) is 40.2. The zero-order chi connectivity index (χ0) is 44.9. The van der Waals surface area contributed by atoms with Gasteiger partial charge in [-0.25, -0.2) is 34.5 Å². The molecule has 6 aromatic rings. The second-order valence-corrected chi connectivity index (χ2v) is 17.7. The number of phosphoric acid groups is 1. The van der Waals surface area contributed by atoms with Crippen LogP contribution in [0.5, 0.6) is 0 Å². The van der Waals surface area contributed by atoms with Crippen molar-refractivity contribution in [1.82, 2.24) is 29.9 Å². The molecule has 0 aliphatic heterocycles. The zero-order valence-electron chi connectivity index (χ0n) is 35.3. The molecule has 0 saturated heterocycles. The highest BCUT2D eigenvalue weighted by atomic mass is 35.5. The Bertz CT molecular complexity index is 2370. The maximum Gasteiger partial charge on any atom is 0.472 e. The topological polar surface area (TPSA) is 309 Å². The molecule has 0 aromatic carbocycles. The van der Waals surface area contributed by atoms with Crippen molar-refractivity contribution in [2.24, 2.45) is 0 Å². The summed E-state index contributed by atoms with van der Waals surface area (Å²) >= 11 is 4.75. The van der Waals surface area contributed by atoms with Gasteiger partial charge in [-0.05, 0) is 20.8 Å². The minimum absolute atomic E-state index is 0. The molecule has 0 radical (unpaired) electrons. The predicted octanol–water partition coefficient (Wildman–Crippen LogP) is -3.25. The molecule has 27 heteroatoms. The molecule has 21 nitrogen and oxygen atoms in total. The summed E-state index contributed by atoms with van der Waals surface area (Å²) in [5.74, 6) is 3.40. The van der Waals surface area contributed by atoms with E-state index in [0.29, 0.717) is 73.8 Å². The van der Waals surface area contributed by atoms with Crippen molar-refractivity contribution >= 4 is 59.3 Å². The molecule has 0 bridgehead atoms. The average molecular weight is 991 g/mol. The van der Waals surface area contributed by atoms with Gasteiger partial charge in [-0.3, -0.25) is 9.05 Å². The summed E-state index contributed by atoms with van der Waals surface area (Å²) in [6.07, 6.45) is 6.89. The molecule has 0 saturated carbocycles. The van der Waals surface area contributed by atoms with E-state index in [0.717, 1.165) is 43.5 Å². The quantitative estimate of drug-likeness (QED) is 0.0275. The number of thiazole rings is 3. The summed E-state index contributed by atoms with van der Waals surface area (Å²) in [6.45, 7) is 13.5. The summed E-state index contributed by atoms with van der Waals surface area (Å²) in [6, 6.07) is 0. The number of nitrogens with two attached hydrogens (primary N) is 3. The molecule has 344 valence electrons. The molecule has 0 atom stereocenters. The van der Waals surface area contributed by atoms with Gasteiger partial charge in [0.2, 0.25) is 16.5 Å². The summed E-state index contributed by atoms with van der Waals surface area (Å²) in [7, 11) is -4.19. The number of rotatable bonds is 16. The van der Waals surface area contributed by atoms with Crippen LogP contribution in [0.25, 0.3) is 0 Å². The van der Waals surface area contributed by atoms with E-state index in [4.69, 9.17) is 46.7 Å². The standard InChI is InChI=1S/C24H32N8O4PS2.C12H17N4OS.2ClH.NO3/c1-15-21(38-13-31(15)11-19-9-27-17(3)29-23(19)25)5-7-35-37(33,34)36-8-6-22-16(2)32(14-39-22)12-20-10-28-18(4)30-24(20)26;1-8-11(3-4-17)18-7-16(8)6-10-5-14-9(2)15-12(10)13;;;2-1(3)4/h9-10,13-14H,5-8,11-12H2,1-4H3,(H4-,25,26,27,28,29,30,33,34);5,7,17H,3-4,6H2,1-2H3,(H2,13,14,15);2*1H;/q2*+1;;;-1/p-1. The van der Waals surface area contributed by atoms with E-state index >= 15 is 0 Å². The van der Waals surface area contributed by atoms with Crippen molar-refractivity contribution in [3.05, 3.63) is 116 Å². The molecule has 0 unspecified atom stereocenters. The molecular formula is C36H50Cl2N13O8PS3. The summed E-state index contributed by atoms with van der Waals surface area (Å²) < 4.78 is 29.1. The second-order valence-electron chi connectivity index (χ2n) is 13.4. The number of aliphatic hydroxyl groups is 1. The van der Waals surface area contributed by atoms with Crippen LogP contribution in [0.15, 0.2) is 35.1 Å². The Balaban J connectivity index is 0.000000474. The molecule has 0 amide bonds. The Labute approximate surface area is 388 Å². The Morgan fingerprint density at radius 1 is 0.635 bits per heavy atom.